The maximum atomic E-state index is 13.7. The highest BCUT2D eigenvalue weighted by molar-refractivity contribution is 7.13. The predicted octanol–water partition coefficient (Wildman–Crippen LogP) is 4.53. The molecule has 2 aliphatic heterocycles. The Morgan fingerprint density at radius 2 is 2.03 bits per heavy atom. The predicted molar refractivity (Wildman–Crippen MR) is 148 cm³/mol. The van der Waals surface area contributed by atoms with E-state index in [0.29, 0.717) is 32.6 Å². The van der Waals surface area contributed by atoms with Crippen molar-refractivity contribution in [3.8, 4) is 0 Å². The van der Waals surface area contributed by atoms with Crippen molar-refractivity contribution >= 4 is 39.9 Å². The van der Waals surface area contributed by atoms with Crippen molar-refractivity contribution in [3.63, 3.8) is 0 Å². The van der Waals surface area contributed by atoms with Gasteiger partial charge in [-0.25, -0.2) is 4.98 Å². The summed E-state index contributed by atoms with van der Waals surface area (Å²) < 4.78 is 0. The number of thiophene rings is 1. The van der Waals surface area contributed by atoms with Gasteiger partial charge in [-0.05, 0) is 69.4 Å². The number of pyridine rings is 1. The first-order valence-corrected chi connectivity index (χ1v) is 14.2. The van der Waals surface area contributed by atoms with E-state index in [1.807, 2.05) is 28.9 Å². The van der Waals surface area contributed by atoms with Crippen LogP contribution in [0.2, 0.25) is 0 Å². The van der Waals surface area contributed by atoms with E-state index in [0.717, 1.165) is 76.4 Å². The van der Waals surface area contributed by atoms with Gasteiger partial charge in [0.1, 0.15) is 5.82 Å². The molecule has 2 aliphatic rings. The Morgan fingerprint density at radius 1 is 1.16 bits per heavy atom. The number of aryl methyl sites for hydroxylation is 2. The summed E-state index contributed by atoms with van der Waals surface area (Å²) in [6.45, 7) is 7.94. The molecule has 2 fully saturated rings. The number of hydrogen-bond acceptors (Lipinski definition) is 6. The molecule has 3 aromatic rings. The maximum absolute atomic E-state index is 13.7. The van der Waals surface area contributed by atoms with Crippen molar-refractivity contribution in [2.75, 3.05) is 37.6 Å². The van der Waals surface area contributed by atoms with Crippen molar-refractivity contribution in [1.82, 2.24) is 14.8 Å². The lowest BCUT2D eigenvalue weighted by atomic mass is 10.1. The average molecular weight is 521 g/mol. The molecular weight excluding hydrogens is 484 g/mol. The van der Waals surface area contributed by atoms with Crippen molar-refractivity contribution in [1.29, 1.82) is 0 Å². The van der Waals surface area contributed by atoms with Crippen LogP contribution in [0.3, 0.4) is 0 Å². The van der Waals surface area contributed by atoms with Gasteiger partial charge in [0.15, 0.2) is 0 Å². The van der Waals surface area contributed by atoms with Gasteiger partial charge in [-0.1, -0.05) is 12.1 Å². The fourth-order valence-corrected chi connectivity index (χ4v) is 6.24. The van der Waals surface area contributed by atoms with Crippen LogP contribution in [0.15, 0.2) is 36.4 Å². The standard InChI is InChI=1S/C29H36N4O3S/c1-20-8-10-22-17-23(28(30-25(22)16-20)32-13-3-6-24(34)19-32)18-33(29(36)26-11-9-21(2)37-26)15-5-14-31-12-4-7-27(31)35/h8-11,16-17,24,34H,3-7,12-15,18-19H2,1-2H3. The zero-order chi connectivity index (χ0) is 25.9. The van der Waals surface area contributed by atoms with Gasteiger partial charge in [-0.2, -0.15) is 0 Å². The first-order chi connectivity index (χ1) is 17.9. The fourth-order valence-electron chi connectivity index (χ4n) is 5.40. The SMILES string of the molecule is Cc1ccc2cc(CN(CCCN3CCCC3=O)C(=O)c3ccc(C)s3)c(N3CCCC(O)C3)nc2c1. The lowest BCUT2D eigenvalue weighted by Crippen LogP contribution is -2.40. The molecule has 2 saturated heterocycles. The molecule has 37 heavy (non-hydrogen) atoms. The third kappa shape index (κ3) is 5.96. The molecule has 5 rings (SSSR count). The van der Waals surface area contributed by atoms with E-state index in [1.54, 1.807) is 0 Å². The molecule has 4 heterocycles. The second-order valence-electron chi connectivity index (χ2n) is 10.4. The Kier molecular flexibility index (Phi) is 7.76. The number of rotatable bonds is 8. The van der Waals surface area contributed by atoms with E-state index in [2.05, 4.69) is 36.1 Å². The first-order valence-electron chi connectivity index (χ1n) is 13.3. The van der Waals surface area contributed by atoms with Crippen molar-refractivity contribution in [2.24, 2.45) is 0 Å². The number of aromatic nitrogens is 1. The van der Waals surface area contributed by atoms with Crippen LogP contribution in [-0.2, 0) is 11.3 Å². The number of nitrogens with zero attached hydrogens (tertiary/aromatic N) is 4. The quantitative estimate of drug-likeness (QED) is 0.472. The molecule has 8 heteroatoms. The molecule has 2 amide bonds. The van der Waals surface area contributed by atoms with E-state index in [4.69, 9.17) is 4.98 Å². The van der Waals surface area contributed by atoms with E-state index in [-0.39, 0.29) is 17.9 Å². The zero-order valence-electron chi connectivity index (χ0n) is 21.8. The summed E-state index contributed by atoms with van der Waals surface area (Å²) in [4.78, 5) is 38.7. The number of aliphatic hydroxyl groups excluding tert-OH is 1. The maximum Gasteiger partial charge on any atom is 0.264 e. The highest BCUT2D eigenvalue weighted by Gasteiger charge is 2.26. The smallest absolute Gasteiger partial charge is 0.264 e. The number of piperidine rings is 1. The van der Waals surface area contributed by atoms with E-state index >= 15 is 0 Å². The van der Waals surface area contributed by atoms with E-state index < -0.39 is 0 Å². The van der Waals surface area contributed by atoms with Gasteiger partial charge in [0.2, 0.25) is 5.91 Å². The number of carbonyl (C=O) groups is 2. The summed E-state index contributed by atoms with van der Waals surface area (Å²) in [5.41, 5.74) is 3.07. The number of benzene rings is 1. The van der Waals surface area contributed by atoms with Gasteiger partial charge in [0.05, 0.1) is 16.5 Å². The highest BCUT2D eigenvalue weighted by atomic mass is 32.1. The van der Waals surface area contributed by atoms with Crippen molar-refractivity contribution in [3.05, 3.63) is 57.3 Å². The minimum absolute atomic E-state index is 0.0134. The monoisotopic (exact) mass is 520 g/mol. The van der Waals surface area contributed by atoms with E-state index in [9.17, 15) is 14.7 Å². The molecule has 0 saturated carbocycles. The van der Waals surface area contributed by atoms with Crippen LogP contribution in [0.1, 0.15) is 57.8 Å². The number of hydrogen-bond donors (Lipinski definition) is 1. The summed E-state index contributed by atoms with van der Waals surface area (Å²) in [5.74, 6) is 1.08. The van der Waals surface area contributed by atoms with Gasteiger partial charge in [-0.15, -0.1) is 11.3 Å². The number of fused-ring (bicyclic) bond motifs is 1. The van der Waals surface area contributed by atoms with Crippen LogP contribution in [-0.4, -0.2) is 70.5 Å². The van der Waals surface area contributed by atoms with Crippen LogP contribution in [0.4, 0.5) is 5.82 Å². The normalized spacial score (nSPS) is 18.1. The Labute approximate surface area is 222 Å². The summed E-state index contributed by atoms with van der Waals surface area (Å²) in [6.07, 6.45) is 3.62. The summed E-state index contributed by atoms with van der Waals surface area (Å²) in [5, 5.41) is 11.4. The fraction of sp³-hybridized carbons (Fsp3) is 0.483. The second-order valence-corrected chi connectivity index (χ2v) is 11.7. The topological polar surface area (TPSA) is 77.0 Å². The molecule has 1 atom stereocenters. The Balaban J connectivity index is 1.46. The van der Waals surface area contributed by atoms with Crippen LogP contribution in [0.25, 0.3) is 10.9 Å². The van der Waals surface area contributed by atoms with Gasteiger partial charge >= 0.3 is 0 Å². The Bertz CT molecular complexity index is 1290. The number of carbonyl (C=O) groups excluding carboxylic acids is 2. The van der Waals surface area contributed by atoms with Gasteiger partial charge < -0.3 is 19.8 Å². The van der Waals surface area contributed by atoms with Gasteiger partial charge in [-0.3, -0.25) is 9.59 Å². The minimum atomic E-state index is -0.374. The molecule has 2 aromatic heterocycles. The lowest BCUT2D eigenvalue weighted by Gasteiger charge is -2.33. The third-order valence-electron chi connectivity index (χ3n) is 7.35. The average Bonchev–Trinajstić information content (AvgIpc) is 3.50. The number of aliphatic hydroxyl groups is 1. The molecule has 0 spiro atoms. The molecule has 1 N–H and O–H groups in total. The van der Waals surface area contributed by atoms with Crippen molar-refractivity contribution < 1.29 is 14.7 Å². The number of β-amino-alcohol motifs (C(OH)–C–C–N with tert-alkyl or cyclic N) is 1. The number of anilines is 1. The van der Waals surface area contributed by atoms with Crippen LogP contribution >= 0.6 is 11.3 Å². The lowest BCUT2D eigenvalue weighted by molar-refractivity contribution is -0.127. The van der Waals surface area contributed by atoms with Crippen LogP contribution in [0, 0.1) is 13.8 Å². The van der Waals surface area contributed by atoms with E-state index in [1.165, 1.54) is 11.3 Å². The molecular formula is C29H36N4O3S. The Morgan fingerprint density at radius 3 is 2.76 bits per heavy atom. The molecule has 0 radical (unpaired) electrons. The first kappa shape index (κ1) is 25.7. The molecule has 0 bridgehead atoms. The summed E-state index contributed by atoms with van der Waals surface area (Å²) in [6, 6.07) is 12.3. The molecule has 7 nitrogen and oxygen atoms in total. The van der Waals surface area contributed by atoms with Crippen LogP contribution in [0.5, 0.6) is 0 Å². The number of likely N-dealkylation sites (tertiary alicyclic amines) is 1. The molecule has 0 aliphatic carbocycles. The van der Waals surface area contributed by atoms with Gasteiger partial charge in [0.25, 0.3) is 5.91 Å². The molecule has 1 unspecified atom stereocenters. The minimum Gasteiger partial charge on any atom is -0.391 e. The Hall–Kier alpha value is -2.97. The van der Waals surface area contributed by atoms with Crippen LogP contribution < -0.4 is 4.90 Å². The van der Waals surface area contributed by atoms with Crippen molar-refractivity contribution in [2.45, 2.75) is 58.6 Å². The molecule has 196 valence electrons. The molecule has 1 aromatic carbocycles. The second kappa shape index (κ2) is 11.2. The largest absolute Gasteiger partial charge is 0.391 e. The number of amides is 2. The highest BCUT2D eigenvalue weighted by Crippen LogP contribution is 2.29. The summed E-state index contributed by atoms with van der Waals surface area (Å²) >= 11 is 1.52. The summed E-state index contributed by atoms with van der Waals surface area (Å²) in [7, 11) is 0. The van der Waals surface area contributed by atoms with Gasteiger partial charge in [0, 0.05) is 61.5 Å². The third-order valence-corrected chi connectivity index (χ3v) is 8.34. The zero-order valence-corrected chi connectivity index (χ0v) is 22.6.